The van der Waals surface area contributed by atoms with Crippen LogP contribution in [-0.4, -0.2) is 41.4 Å². The summed E-state index contributed by atoms with van der Waals surface area (Å²) in [5.41, 5.74) is 0.681. The van der Waals surface area contributed by atoms with Gasteiger partial charge in [0.2, 0.25) is 5.95 Å². The molecule has 0 atom stereocenters. The summed E-state index contributed by atoms with van der Waals surface area (Å²) in [6, 6.07) is 4.66. The highest BCUT2D eigenvalue weighted by molar-refractivity contribution is 9.10. The van der Waals surface area contributed by atoms with Crippen LogP contribution in [0.3, 0.4) is 0 Å². The van der Waals surface area contributed by atoms with Gasteiger partial charge in [-0.15, -0.1) is 5.10 Å². The molecule has 1 aromatic carbocycles. The van der Waals surface area contributed by atoms with E-state index in [1.54, 1.807) is 0 Å². The molecule has 0 spiro atoms. The Hall–Kier alpha value is -1.47. The lowest BCUT2D eigenvalue weighted by atomic mass is 10.2. The predicted octanol–water partition coefficient (Wildman–Crippen LogP) is 1.78. The number of nitrogens with zero attached hydrogens (tertiary/aromatic N) is 3. The van der Waals surface area contributed by atoms with Gasteiger partial charge in [-0.25, -0.2) is 4.39 Å². The predicted molar refractivity (Wildman–Crippen MR) is 74.6 cm³/mol. The number of aromatic nitrogens is 3. The Morgan fingerprint density at radius 3 is 2.74 bits per heavy atom. The minimum absolute atomic E-state index is 0.301. The lowest BCUT2D eigenvalue weighted by Crippen LogP contribution is -2.44. The Morgan fingerprint density at radius 1 is 1.21 bits per heavy atom. The number of hydrogen-bond acceptors (Lipinski definition) is 4. The Morgan fingerprint density at radius 2 is 2.00 bits per heavy atom. The van der Waals surface area contributed by atoms with Gasteiger partial charge in [-0.1, -0.05) is 15.9 Å². The highest BCUT2D eigenvalue weighted by atomic mass is 79.9. The molecule has 1 saturated heterocycles. The van der Waals surface area contributed by atoms with Gasteiger partial charge in [-0.05, 0) is 18.2 Å². The van der Waals surface area contributed by atoms with Crippen molar-refractivity contribution in [3.05, 3.63) is 28.5 Å². The summed E-state index contributed by atoms with van der Waals surface area (Å²) in [5, 5.41) is 10.3. The molecule has 0 aliphatic carbocycles. The van der Waals surface area contributed by atoms with E-state index in [1.807, 2.05) is 6.07 Å². The summed E-state index contributed by atoms with van der Waals surface area (Å²) in [6.45, 7) is 3.61. The molecule has 1 aromatic heterocycles. The largest absolute Gasteiger partial charge is 0.337 e. The molecule has 100 valence electrons. The van der Waals surface area contributed by atoms with Crippen molar-refractivity contribution in [2.75, 3.05) is 31.1 Å². The topological polar surface area (TPSA) is 56.8 Å². The van der Waals surface area contributed by atoms with E-state index in [1.165, 1.54) is 12.1 Å². The molecule has 0 radical (unpaired) electrons. The van der Waals surface area contributed by atoms with Crippen LogP contribution >= 0.6 is 15.9 Å². The number of H-pyrrole nitrogens is 1. The summed E-state index contributed by atoms with van der Waals surface area (Å²) in [4.78, 5) is 6.53. The summed E-state index contributed by atoms with van der Waals surface area (Å²) >= 11 is 3.27. The van der Waals surface area contributed by atoms with E-state index in [0.29, 0.717) is 21.8 Å². The molecule has 1 aliphatic heterocycles. The van der Waals surface area contributed by atoms with Crippen molar-refractivity contribution in [3.8, 4) is 11.4 Å². The monoisotopic (exact) mass is 325 g/mol. The van der Waals surface area contributed by atoms with E-state index in [4.69, 9.17) is 0 Å². The standard InChI is InChI=1S/C12H13BrFN5/c13-9-5-8(6-10(14)7-9)11-16-12(18-17-11)19-3-1-15-2-4-19/h5-7,15H,1-4H2,(H,16,17,18). The average Bonchev–Trinajstić information content (AvgIpc) is 2.88. The maximum absolute atomic E-state index is 13.4. The molecule has 3 rings (SSSR count). The fourth-order valence-corrected chi connectivity index (χ4v) is 2.54. The van der Waals surface area contributed by atoms with E-state index >= 15 is 0 Å². The van der Waals surface area contributed by atoms with Crippen LogP contribution in [-0.2, 0) is 0 Å². The highest BCUT2D eigenvalue weighted by Crippen LogP contribution is 2.23. The molecule has 19 heavy (non-hydrogen) atoms. The number of hydrogen-bond donors (Lipinski definition) is 2. The first-order valence-electron chi connectivity index (χ1n) is 6.07. The Balaban J connectivity index is 1.87. The maximum Gasteiger partial charge on any atom is 0.245 e. The molecular weight excluding hydrogens is 313 g/mol. The highest BCUT2D eigenvalue weighted by Gasteiger charge is 2.15. The fraction of sp³-hybridized carbons (Fsp3) is 0.333. The second-order valence-electron chi connectivity index (χ2n) is 4.38. The van der Waals surface area contributed by atoms with Crippen LogP contribution < -0.4 is 10.2 Å². The zero-order valence-corrected chi connectivity index (χ0v) is 11.7. The van der Waals surface area contributed by atoms with Gasteiger partial charge in [0.1, 0.15) is 5.82 Å². The van der Waals surface area contributed by atoms with Crippen LogP contribution in [0.15, 0.2) is 22.7 Å². The molecule has 0 unspecified atom stereocenters. The minimum atomic E-state index is -0.301. The van der Waals surface area contributed by atoms with E-state index in [-0.39, 0.29) is 5.82 Å². The van der Waals surface area contributed by atoms with E-state index in [9.17, 15) is 4.39 Å². The van der Waals surface area contributed by atoms with Crippen LogP contribution in [0.25, 0.3) is 11.4 Å². The molecule has 1 aliphatic rings. The zero-order valence-electron chi connectivity index (χ0n) is 10.2. The number of benzene rings is 1. The van der Waals surface area contributed by atoms with Gasteiger partial charge in [-0.3, -0.25) is 5.10 Å². The molecule has 0 amide bonds. The van der Waals surface area contributed by atoms with Crippen molar-refractivity contribution >= 4 is 21.9 Å². The molecule has 2 N–H and O–H groups in total. The summed E-state index contributed by atoms with van der Waals surface area (Å²) in [7, 11) is 0. The molecule has 0 bridgehead atoms. The van der Waals surface area contributed by atoms with Crippen LogP contribution in [0, 0.1) is 5.82 Å². The van der Waals surface area contributed by atoms with Gasteiger partial charge in [0.25, 0.3) is 0 Å². The van der Waals surface area contributed by atoms with Crippen molar-refractivity contribution < 1.29 is 4.39 Å². The zero-order chi connectivity index (χ0) is 13.2. The van der Waals surface area contributed by atoms with Gasteiger partial charge >= 0.3 is 0 Å². The van der Waals surface area contributed by atoms with Crippen LogP contribution in [0.2, 0.25) is 0 Å². The third kappa shape index (κ3) is 2.76. The number of piperazine rings is 1. The molecule has 5 nitrogen and oxygen atoms in total. The molecule has 2 aromatic rings. The first kappa shape index (κ1) is 12.6. The van der Waals surface area contributed by atoms with Gasteiger partial charge in [-0.2, -0.15) is 4.98 Å². The first-order valence-corrected chi connectivity index (χ1v) is 6.86. The second-order valence-corrected chi connectivity index (χ2v) is 5.29. The Bertz CT molecular complexity index is 559. The summed E-state index contributed by atoms with van der Waals surface area (Å²) in [5.74, 6) is 0.940. The van der Waals surface area contributed by atoms with Crippen molar-refractivity contribution in [1.29, 1.82) is 0 Å². The van der Waals surface area contributed by atoms with Crippen molar-refractivity contribution in [1.82, 2.24) is 20.5 Å². The maximum atomic E-state index is 13.4. The van der Waals surface area contributed by atoms with Crippen LogP contribution in [0.4, 0.5) is 10.3 Å². The average molecular weight is 326 g/mol. The lowest BCUT2D eigenvalue weighted by Gasteiger charge is -2.25. The van der Waals surface area contributed by atoms with Crippen molar-refractivity contribution in [3.63, 3.8) is 0 Å². The lowest BCUT2D eigenvalue weighted by molar-refractivity contribution is 0.580. The van der Waals surface area contributed by atoms with Gasteiger partial charge < -0.3 is 10.2 Å². The summed E-state index contributed by atoms with van der Waals surface area (Å²) < 4.78 is 14.0. The first-order chi connectivity index (χ1) is 9.22. The number of halogens is 2. The van der Waals surface area contributed by atoms with Crippen LogP contribution in [0.5, 0.6) is 0 Å². The van der Waals surface area contributed by atoms with Crippen molar-refractivity contribution in [2.45, 2.75) is 0 Å². The molecule has 0 saturated carbocycles. The van der Waals surface area contributed by atoms with E-state index < -0.39 is 0 Å². The Labute approximate surface area is 118 Å². The van der Waals surface area contributed by atoms with E-state index in [0.717, 1.165) is 26.2 Å². The van der Waals surface area contributed by atoms with Crippen molar-refractivity contribution in [2.24, 2.45) is 0 Å². The SMILES string of the molecule is Fc1cc(Br)cc(-c2nc(N3CCNCC3)n[nH]2)c1. The fourth-order valence-electron chi connectivity index (χ4n) is 2.08. The third-order valence-electron chi connectivity index (χ3n) is 3.01. The smallest absolute Gasteiger partial charge is 0.245 e. The Kier molecular flexibility index (Phi) is 3.48. The second kappa shape index (κ2) is 5.26. The molecular formula is C12H13BrFN5. The van der Waals surface area contributed by atoms with Gasteiger partial charge in [0.05, 0.1) is 0 Å². The third-order valence-corrected chi connectivity index (χ3v) is 3.47. The molecule has 7 heteroatoms. The number of rotatable bonds is 2. The number of anilines is 1. The minimum Gasteiger partial charge on any atom is -0.337 e. The quantitative estimate of drug-likeness (QED) is 0.883. The van der Waals surface area contributed by atoms with Crippen LogP contribution in [0.1, 0.15) is 0 Å². The normalized spacial score (nSPS) is 15.8. The number of nitrogens with one attached hydrogen (secondary N) is 2. The summed E-state index contributed by atoms with van der Waals surface area (Å²) in [6.07, 6.45) is 0. The number of aromatic amines is 1. The molecule has 1 fully saturated rings. The van der Waals surface area contributed by atoms with Gasteiger partial charge in [0.15, 0.2) is 5.82 Å². The van der Waals surface area contributed by atoms with E-state index in [2.05, 4.69) is 41.3 Å². The molecule has 2 heterocycles. The van der Waals surface area contributed by atoms with Gasteiger partial charge in [0, 0.05) is 36.2 Å².